The number of rotatable bonds is 7. The van der Waals surface area contributed by atoms with Crippen LogP contribution in [0.2, 0.25) is 0 Å². The van der Waals surface area contributed by atoms with E-state index in [2.05, 4.69) is 15.5 Å². The van der Waals surface area contributed by atoms with E-state index in [-0.39, 0.29) is 16.5 Å². The molecule has 1 amide bonds. The van der Waals surface area contributed by atoms with Crippen LogP contribution >= 0.6 is 23.1 Å². The number of nitrogens with zero attached hydrogens (tertiary/aromatic N) is 4. The number of anilines is 2. The molecule has 1 atom stereocenters. The molecule has 0 unspecified atom stereocenters. The van der Waals surface area contributed by atoms with Crippen molar-refractivity contribution in [1.29, 1.82) is 0 Å². The number of nitrogens with one attached hydrogen (secondary N) is 1. The zero-order valence-electron chi connectivity index (χ0n) is 14.9. The lowest BCUT2D eigenvalue weighted by molar-refractivity contribution is -0.384. The normalized spacial score (nSPS) is 12.4. The molecule has 0 spiro atoms. The number of hydrogen-bond donors (Lipinski definition) is 1. The van der Waals surface area contributed by atoms with Gasteiger partial charge in [0.05, 0.1) is 16.9 Å². The highest BCUT2D eigenvalue weighted by Crippen LogP contribution is 2.30. The molecular formula is C14H17N5O5S3. The van der Waals surface area contributed by atoms with Gasteiger partial charge in [0.2, 0.25) is 21.1 Å². The van der Waals surface area contributed by atoms with Gasteiger partial charge in [0.15, 0.2) is 4.34 Å². The van der Waals surface area contributed by atoms with Crippen LogP contribution in [0.1, 0.15) is 12.5 Å². The Hall–Kier alpha value is -2.25. The number of aromatic nitrogens is 2. The number of non-ortho nitro benzene ring substituents is 1. The van der Waals surface area contributed by atoms with Gasteiger partial charge in [0.25, 0.3) is 5.69 Å². The molecule has 0 bridgehead atoms. The molecule has 10 nitrogen and oxygen atoms in total. The number of benzene rings is 1. The van der Waals surface area contributed by atoms with Crippen molar-refractivity contribution < 1.29 is 18.1 Å². The lowest BCUT2D eigenvalue weighted by atomic mass is 10.1. The van der Waals surface area contributed by atoms with E-state index in [1.807, 2.05) is 6.26 Å². The maximum Gasteiger partial charge on any atom is 0.271 e. The average Bonchev–Trinajstić information content (AvgIpc) is 3.02. The minimum Gasteiger partial charge on any atom is -0.299 e. The van der Waals surface area contributed by atoms with Crippen LogP contribution < -0.4 is 9.62 Å². The van der Waals surface area contributed by atoms with Crippen molar-refractivity contribution in [3.63, 3.8) is 0 Å². The molecule has 0 aliphatic heterocycles. The van der Waals surface area contributed by atoms with Crippen molar-refractivity contribution in [2.75, 3.05) is 22.1 Å². The Bertz CT molecular complexity index is 975. The Labute approximate surface area is 164 Å². The maximum absolute atomic E-state index is 12.6. The van der Waals surface area contributed by atoms with Gasteiger partial charge in [-0.15, -0.1) is 10.2 Å². The first-order valence-corrected chi connectivity index (χ1v) is 11.4. The SMILES string of the molecule is CSc1nnc(NC(=O)[C@@H](C)N(c2cc([N+](=O)[O-])ccc2C)S(C)(=O)=O)s1. The van der Waals surface area contributed by atoms with Crippen molar-refractivity contribution in [3.05, 3.63) is 33.9 Å². The summed E-state index contributed by atoms with van der Waals surface area (Å²) in [5.74, 6) is -0.630. The number of carbonyl (C=O) groups is 1. The highest BCUT2D eigenvalue weighted by molar-refractivity contribution is 8.00. The van der Waals surface area contributed by atoms with E-state index in [1.54, 1.807) is 6.92 Å². The predicted octanol–water partition coefficient (Wildman–Crippen LogP) is 2.27. The summed E-state index contributed by atoms with van der Waals surface area (Å²) in [6.07, 6.45) is 2.75. The Morgan fingerprint density at radius 3 is 2.59 bits per heavy atom. The molecule has 146 valence electrons. The number of thioether (sulfide) groups is 1. The zero-order valence-corrected chi connectivity index (χ0v) is 17.3. The van der Waals surface area contributed by atoms with Crippen molar-refractivity contribution in [2.45, 2.75) is 24.2 Å². The number of hydrogen-bond acceptors (Lipinski definition) is 9. The molecule has 13 heteroatoms. The Kier molecular flexibility index (Phi) is 6.38. The first-order chi connectivity index (χ1) is 12.5. The minimum absolute atomic E-state index is 0.0661. The fourth-order valence-corrected chi connectivity index (χ4v) is 4.68. The summed E-state index contributed by atoms with van der Waals surface area (Å²) in [5, 5.41) is 21.5. The molecule has 0 saturated carbocycles. The molecule has 27 heavy (non-hydrogen) atoms. The second-order valence-electron chi connectivity index (χ2n) is 5.53. The van der Waals surface area contributed by atoms with Crippen LogP contribution in [0.5, 0.6) is 0 Å². The average molecular weight is 432 g/mol. The second kappa shape index (κ2) is 8.19. The quantitative estimate of drug-likeness (QED) is 0.305. The molecule has 0 aliphatic carbocycles. The van der Waals surface area contributed by atoms with Gasteiger partial charge in [-0.25, -0.2) is 8.42 Å². The number of nitro benzene ring substituents is 1. The highest BCUT2D eigenvalue weighted by atomic mass is 32.2. The fraction of sp³-hybridized carbons (Fsp3) is 0.357. The van der Waals surface area contributed by atoms with E-state index in [9.17, 15) is 23.3 Å². The predicted molar refractivity (Wildman–Crippen MR) is 105 cm³/mol. The smallest absolute Gasteiger partial charge is 0.271 e. The summed E-state index contributed by atoms with van der Waals surface area (Å²) < 4.78 is 26.2. The van der Waals surface area contributed by atoms with Crippen LogP contribution in [0.25, 0.3) is 0 Å². The van der Waals surface area contributed by atoms with Crippen LogP contribution in [0, 0.1) is 17.0 Å². The lowest BCUT2D eigenvalue weighted by Crippen LogP contribution is -2.45. The molecule has 0 saturated heterocycles. The number of amides is 1. The lowest BCUT2D eigenvalue weighted by Gasteiger charge is -2.29. The molecule has 1 aromatic heterocycles. The second-order valence-corrected chi connectivity index (χ2v) is 9.42. The van der Waals surface area contributed by atoms with Gasteiger partial charge in [0.1, 0.15) is 6.04 Å². The van der Waals surface area contributed by atoms with E-state index in [1.165, 1.54) is 30.8 Å². The van der Waals surface area contributed by atoms with E-state index in [0.29, 0.717) is 9.90 Å². The van der Waals surface area contributed by atoms with Crippen molar-refractivity contribution >= 4 is 55.5 Å². The summed E-state index contributed by atoms with van der Waals surface area (Å²) in [4.78, 5) is 23.0. The van der Waals surface area contributed by atoms with Gasteiger partial charge in [-0.2, -0.15) is 0 Å². The zero-order chi connectivity index (χ0) is 20.4. The molecule has 1 aromatic carbocycles. The Morgan fingerprint density at radius 1 is 1.41 bits per heavy atom. The number of nitro groups is 1. The Balaban J connectivity index is 2.40. The standard InChI is InChI=1S/C14H17N5O5S3/c1-8-5-6-10(19(21)22)7-11(8)18(27(4,23)24)9(2)12(20)15-13-16-17-14(25-3)26-13/h5-7,9H,1-4H3,(H,15,16,20)/t9-/m1/s1. The topological polar surface area (TPSA) is 135 Å². The van der Waals surface area contributed by atoms with Gasteiger partial charge in [-0.05, 0) is 25.7 Å². The molecular weight excluding hydrogens is 414 g/mol. The van der Waals surface area contributed by atoms with Crippen LogP contribution in [0.15, 0.2) is 22.5 Å². The van der Waals surface area contributed by atoms with Gasteiger partial charge < -0.3 is 0 Å². The summed E-state index contributed by atoms with van der Waals surface area (Å²) >= 11 is 2.52. The molecule has 2 aromatic rings. The Morgan fingerprint density at radius 2 is 2.07 bits per heavy atom. The molecule has 0 radical (unpaired) electrons. The van der Waals surface area contributed by atoms with E-state index >= 15 is 0 Å². The van der Waals surface area contributed by atoms with Gasteiger partial charge >= 0.3 is 0 Å². The third-order valence-corrected chi connectivity index (χ3v) is 6.58. The van der Waals surface area contributed by atoms with E-state index < -0.39 is 26.9 Å². The van der Waals surface area contributed by atoms with Crippen LogP contribution in [0.4, 0.5) is 16.5 Å². The van der Waals surface area contributed by atoms with Crippen molar-refractivity contribution in [2.24, 2.45) is 0 Å². The van der Waals surface area contributed by atoms with Gasteiger partial charge in [-0.1, -0.05) is 29.2 Å². The van der Waals surface area contributed by atoms with Crippen LogP contribution in [0.3, 0.4) is 0 Å². The first-order valence-electron chi connectivity index (χ1n) is 7.47. The molecule has 2 rings (SSSR count). The monoisotopic (exact) mass is 431 g/mol. The largest absolute Gasteiger partial charge is 0.299 e. The summed E-state index contributed by atoms with van der Waals surface area (Å²) in [5.41, 5.74) is 0.272. The third-order valence-electron chi connectivity index (χ3n) is 3.54. The molecule has 0 fully saturated rings. The fourth-order valence-electron chi connectivity index (χ4n) is 2.28. The molecule has 0 aliphatic rings. The first kappa shape index (κ1) is 21.1. The van der Waals surface area contributed by atoms with Crippen LogP contribution in [-0.2, 0) is 14.8 Å². The van der Waals surface area contributed by atoms with Crippen molar-refractivity contribution in [3.8, 4) is 0 Å². The third kappa shape index (κ3) is 4.93. The van der Waals surface area contributed by atoms with Gasteiger partial charge in [0, 0.05) is 12.1 Å². The number of carbonyl (C=O) groups excluding carboxylic acids is 1. The van der Waals surface area contributed by atoms with Crippen LogP contribution in [-0.4, -0.2) is 48.0 Å². The van der Waals surface area contributed by atoms with E-state index in [0.717, 1.165) is 28.0 Å². The minimum atomic E-state index is -3.91. The number of sulfonamides is 1. The summed E-state index contributed by atoms with van der Waals surface area (Å²) in [6.45, 7) is 3.00. The van der Waals surface area contributed by atoms with Gasteiger partial charge in [-0.3, -0.25) is 24.5 Å². The summed E-state index contributed by atoms with van der Waals surface area (Å²) in [7, 11) is -3.91. The van der Waals surface area contributed by atoms with E-state index in [4.69, 9.17) is 0 Å². The molecule has 1 heterocycles. The summed E-state index contributed by atoms with van der Waals surface area (Å²) in [6, 6.07) is 2.68. The maximum atomic E-state index is 12.6. The highest BCUT2D eigenvalue weighted by Gasteiger charge is 2.31. The number of aryl methyl sites for hydroxylation is 1. The van der Waals surface area contributed by atoms with Crippen molar-refractivity contribution in [1.82, 2.24) is 10.2 Å². The molecule has 1 N–H and O–H groups in total.